The molecule has 0 spiro atoms. The minimum absolute atomic E-state index is 0.0566. The number of nitrogens with one attached hydrogen (secondary N) is 1. The Kier molecular flexibility index (Phi) is 6.12. The summed E-state index contributed by atoms with van der Waals surface area (Å²) in [6, 6.07) is 11.9. The van der Waals surface area contributed by atoms with Crippen LogP contribution in [0.3, 0.4) is 0 Å². The van der Waals surface area contributed by atoms with Crippen LogP contribution in [0.2, 0.25) is 0 Å². The van der Waals surface area contributed by atoms with Crippen molar-refractivity contribution in [2.24, 2.45) is 0 Å². The SMILES string of the molecule is O=C(COC(=O)Cn1cnc2ccccc2c1=O)Nc1ccc(OC(F)F)cc1. The fourth-order valence-electron chi connectivity index (χ4n) is 2.47. The van der Waals surface area contributed by atoms with E-state index < -0.39 is 37.2 Å². The van der Waals surface area contributed by atoms with E-state index in [-0.39, 0.29) is 5.75 Å². The molecule has 29 heavy (non-hydrogen) atoms. The normalized spacial score (nSPS) is 10.7. The Hall–Kier alpha value is -3.82. The zero-order chi connectivity index (χ0) is 20.8. The van der Waals surface area contributed by atoms with E-state index in [1.165, 1.54) is 30.6 Å². The average Bonchev–Trinajstić information content (AvgIpc) is 2.70. The lowest BCUT2D eigenvalue weighted by Gasteiger charge is -2.09. The van der Waals surface area contributed by atoms with Crippen molar-refractivity contribution in [3.8, 4) is 5.75 Å². The van der Waals surface area contributed by atoms with Crippen LogP contribution in [0.25, 0.3) is 10.9 Å². The summed E-state index contributed by atoms with van der Waals surface area (Å²) < 4.78 is 34.3. The fraction of sp³-hybridized carbons (Fsp3) is 0.158. The molecule has 10 heteroatoms. The van der Waals surface area contributed by atoms with Crippen molar-refractivity contribution in [1.29, 1.82) is 0 Å². The molecule has 0 saturated heterocycles. The largest absolute Gasteiger partial charge is 0.454 e. The van der Waals surface area contributed by atoms with E-state index >= 15 is 0 Å². The maximum absolute atomic E-state index is 12.3. The highest BCUT2D eigenvalue weighted by molar-refractivity contribution is 5.92. The number of ether oxygens (including phenoxy) is 2. The third-order valence-corrected chi connectivity index (χ3v) is 3.76. The lowest BCUT2D eigenvalue weighted by molar-refractivity contribution is -0.147. The number of benzene rings is 2. The summed E-state index contributed by atoms with van der Waals surface area (Å²) in [5.74, 6) is -1.48. The predicted octanol–water partition coefficient (Wildman–Crippen LogP) is 2.18. The van der Waals surface area contributed by atoms with Crippen LogP contribution in [-0.4, -0.2) is 34.6 Å². The minimum atomic E-state index is -2.94. The van der Waals surface area contributed by atoms with Crippen LogP contribution in [0.4, 0.5) is 14.5 Å². The Labute approximate surface area is 162 Å². The molecule has 0 aliphatic carbocycles. The number of amides is 1. The van der Waals surface area contributed by atoms with Crippen LogP contribution in [0.15, 0.2) is 59.7 Å². The molecule has 150 valence electrons. The first-order chi connectivity index (χ1) is 13.9. The number of rotatable bonds is 7. The van der Waals surface area contributed by atoms with E-state index in [9.17, 15) is 23.2 Å². The first-order valence-corrected chi connectivity index (χ1v) is 8.37. The van der Waals surface area contributed by atoms with Gasteiger partial charge in [-0.1, -0.05) is 12.1 Å². The van der Waals surface area contributed by atoms with Crippen molar-refractivity contribution >= 4 is 28.5 Å². The average molecular weight is 403 g/mol. The molecule has 8 nitrogen and oxygen atoms in total. The van der Waals surface area contributed by atoms with E-state index in [4.69, 9.17) is 4.74 Å². The van der Waals surface area contributed by atoms with E-state index in [2.05, 4.69) is 15.0 Å². The van der Waals surface area contributed by atoms with Gasteiger partial charge in [0.2, 0.25) is 0 Å². The van der Waals surface area contributed by atoms with E-state index in [1.807, 2.05) is 0 Å². The summed E-state index contributed by atoms with van der Waals surface area (Å²) in [6.07, 6.45) is 1.23. The monoisotopic (exact) mass is 403 g/mol. The van der Waals surface area contributed by atoms with Gasteiger partial charge in [0.25, 0.3) is 11.5 Å². The van der Waals surface area contributed by atoms with Gasteiger partial charge in [-0.25, -0.2) is 4.98 Å². The molecular formula is C19H15F2N3O5. The van der Waals surface area contributed by atoms with Crippen LogP contribution >= 0.6 is 0 Å². The van der Waals surface area contributed by atoms with Crippen LogP contribution in [0.1, 0.15) is 0 Å². The van der Waals surface area contributed by atoms with Crippen molar-refractivity contribution in [1.82, 2.24) is 9.55 Å². The smallest absolute Gasteiger partial charge is 0.387 e. The third kappa shape index (κ3) is 5.34. The molecule has 0 aliphatic heterocycles. The van der Waals surface area contributed by atoms with E-state index in [0.717, 1.165) is 4.57 Å². The van der Waals surface area contributed by atoms with Crippen LogP contribution in [0.5, 0.6) is 5.75 Å². The summed E-state index contributed by atoms with van der Waals surface area (Å²) in [5, 5.41) is 2.80. The summed E-state index contributed by atoms with van der Waals surface area (Å²) in [7, 11) is 0. The maximum Gasteiger partial charge on any atom is 0.387 e. The number of hydrogen-bond acceptors (Lipinski definition) is 6. The minimum Gasteiger partial charge on any atom is -0.454 e. The van der Waals surface area contributed by atoms with Crippen LogP contribution in [0, 0.1) is 0 Å². The molecule has 0 aliphatic rings. The summed E-state index contributed by atoms with van der Waals surface area (Å²) in [6.45, 7) is -3.92. The lowest BCUT2D eigenvalue weighted by Crippen LogP contribution is -2.28. The Morgan fingerprint density at radius 1 is 1.10 bits per heavy atom. The molecule has 0 bridgehead atoms. The van der Waals surface area contributed by atoms with Gasteiger partial charge in [0.1, 0.15) is 12.3 Å². The van der Waals surface area contributed by atoms with Gasteiger partial charge < -0.3 is 14.8 Å². The molecule has 0 saturated carbocycles. The molecule has 0 radical (unpaired) electrons. The molecule has 2 aromatic carbocycles. The number of alkyl halides is 2. The Morgan fingerprint density at radius 2 is 1.83 bits per heavy atom. The number of anilines is 1. The number of carbonyl (C=O) groups excluding carboxylic acids is 2. The number of halogens is 2. The first kappa shape index (κ1) is 19.9. The summed E-state index contributed by atoms with van der Waals surface area (Å²) >= 11 is 0. The van der Waals surface area contributed by atoms with Gasteiger partial charge >= 0.3 is 12.6 Å². The van der Waals surface area contributed by atoms with Gasteiger partial charge in [0, 0.05) is 5.69 Å². The molecule has 0 atom stereocenters. The molecule has 0 fully saturated rings. The molecular weight excluding hydrogens is 388 g/mol. The van der Waals surface area contributed by atoms with Crippen molar-refractivity contribution in [3.63, 3.8) is 0 Å². The molecule has 1 N–H and O–H groups in total. The Morgan fingerprint density at radius 3 is 2.55 bits per heavy atom. The fourth-order valence-corrected chi connectivity index (χ4v) is 2.47. The number of esters is 1. The molecule has 1 heterocycles. The highest BCUT2D eigenvalue weighted by Gasteiger charge is 2.12. The van der Waals surface area contributed by atoms with Gasteiger partial charge in [0.15, 0.2) is 6.61 Å². The molecule has 3 aromatic rings. The van der Waals surface area contributed by atoms with Crippen molar-refractivity contribution in [2.45, 2.75) is 13.2 Å². The van der Waals surface area contributed by atoms with Gasteiger partial charge in [0.05, 0.1) is 17.2 Å². The second-order valence-corrected chi connectivity index (χ2v) is 5.81. The standard InChI is InChI=1S/C19H15F2N3O5/c20-19(21)29-13-7-5-12(6-8-13)23-16(25)10-28-17(26)9-24-11-22-15-4-2-1-3-14(15)18(24)27/h1-8,11,19H,9-10H2,(H,23,25). The lowest BCUT2D eigenvalue weighted by atomic mass is 10.2. The van der Waals surface area contributed by atoms with E-state index in [0.29, 0.717) is 16.6 Å². The number of carbonyl (C=O) groups is 2. The van der Waals surface area contributed by atoms with Crippen LogP contribution in [-0.2, 0) is 20.9 Å². The zero-order valence-electron chi connectivity index (χ0n) is 14.9. The van der Waals surface area contributed by atoms with Crippen molar-refractivity contribution in [3.05, 3.63) is 65.2 Å². The quantitative estimate of drug-likeness (QED) is 0.607. The number of nitrogens with zero attached hydrogens (tertiary/aromatic N) is 2. The number of para-hydroxylation sites is 1. The summed E-state index contributed by atoms with van der Waals surface area (Å²) in [5.41, 5.74) is 0.414. The Balaban J connectivity index is 1.52. The topological polar surface area (TPSA) is 99.5 Å². The number of aromatic nitrogens is 2. The zero-order valence-corrected chi connectivity index (χ0v) is 14.9. The van der Waals surface area contributed by atoms with Gasteiger partial charge in [-0.3, -0.25) is 19.0 Å². The van der Waals surface area contributed by atoms with Crippen LogP contribution < -0.4 is 15.6 Å². The van der Waals surface area contributed by atoms with Gasteiger partial charge in [-0.05, 0) is 36.4 Å². The number of fused-ring (bicyclic) bond motifs is 1. The predicted molar refractivity (Wildman–Crippen MR) is 98.7 cm³/mol. The highest BCUT2D eigenvalue weighted by Crippen LogP contribution is 2.17. The maximum atomic E-state index is 12.3. The Bertz CT molecular complexity index is 1080. The number of hydrogen-bond donors (Lipinski definition) is 1. The van der Waals surface area contributed by atoms with E-state index in [1.54, 1.807) is 24.3 Å². The van der Waals surface area contributed by atoms with Gasteiger partial charge in [-0.2, -0.15) is 8.78 Å². The van der Waals surface area contributed by atoms with Gasteiger partial charge in [-0.15, -0.1) is 0 Å². The summed E-state index contributed by atoms with van der Waals surface area (Å²) in [4.78, 5) is 40.2. The third-order valence-electron chi connectivity index (χ3n) is 3.76. The second-order valence-electron chi connectivity index (χ2n) is 5.81. The molecule has 1 aromatic heterocycles. The molecule has 1 amide bonds. The molecule has 3 rings (SSSR count). The van der Waals surface area contributed by atoms with Crippen molar-refractivity contribution in [2.75, 3.05) is 11.9 Å². The second kappa shape index (κ2) is 8.91. The highest BCUT2D eigenvalue weighted by atomic mass is 19.3. The van der Waals surface area contributed by atoms with Crippen molar-refractivity contribution < 1.29 is 27.8 Å². The first-order valence-electron chi connectivity index (χ1n) is 8.37. The molecule has 0 unspecified atom stereocenters.